The summed E-state index contributed by atoms with van der Waals surface area (Å²) in [5, 5.41) is 2.74. The molecule has 2 aromatic carbocycles. The summed E-state index contributed by atoms with van der Waals surface area (Å²) >= 11 is 0. The first kappa shape index (κ1) is 14.7. The third kappa shape index (κ3) is 2.87. The van der Waals surface area contributed by atoms with E-state index in [1.165, 1.54) is 40.3 Å². The number of benzene rings is 2. The molecule has 0 N–H and O–H groups in total. The minimum absolute atomic E-state index is 0.891. The van der Waals surface area contributed by atoms with E-state index >= 15 is 0 Å². The molecule has 1 aliphatic heterocycles. The van der Waals surface area contributed by atoms with Crippen LogP contribution in [0.25, 0.3) is 21.8 Å². The fourth-order valence-corrected chi connectivity index (χ4v) is 3.70. The van der Waals surface area contributed by atoms with Gasteiger partial charge in [0.05, 0.1) is 13.2 Å². The van der Waals surface area contributed by atoms with E-state index in [1.807, 2.05) is 0 Å². The molecular formula is C20H24N2O. The molecule has 1 aliphatic rings. The fraction of sp³-hybridized carbons (Fsp3) is 0.400. The summed E-state index contributed by atoms with van der Waals surface area (Å²) in [5.41, 5.74) is 4.08. The van der Waals surface area contributed by atoms with Crippen molar-refractivity contribution in [3.05, 3.63) is 48.0 Å². The van der Waals surface area contributed by atoms with Gasteiger partial charge in [0.1, 0.15) is 0 Å². The molecule has 0 bridgehead atoms. The van der Waals surface area contributed by atoms with Gasteiger partial charge in [0.2, 0.25) is 0 Å². The van der Waals surface area contributed by atoms with Crippen molar-refractivity contribution in [2.75, 3.05) is 32.8 Å². The second kappa shape index (κ2) is 6.34. The summed E-state index contributed by atoms with van der Waals surface area (Å²) < 4.78 is 7.71. The zero-order valence-corrected chi connectivity index (χ0v) is 13.8. The Hall–Kier alpha value is -1.84. The van der Waals surface area contributed by atoms with Crippen LogP contribution in [0.15, 0.2) is 42.5 Å². The lowest BCUT2D eigenvalue weighted by atomic mass is 10.1. The molecule has 0 unspecified atom stereocenters. The van der Waals surface area contributed by atoms with Gasteiger partial charge in [-0.15, -0.1) is 0 Å². The van der Waals surface area contributed by atoms with Gasteiger partial charge in [-0.05, 0) is 43.1 Å². The molecule has 3 aromatic rings. The third-order valence-corrected chi connectivity index (χ3v) is 5.02. The Morgan fingerprint density at radius 1 is 0.957 bits per heavy atom. The normalized spacial score (nSPS) is 16.4. The minimum atomic E-state index is 0.891. The van der Waals surface area contributed by atoms with Crippen LogP contribution >= 0.6 is 0 Å². The van der Waals surface area contributed by atoms with Crippen LogP contribution < -0.4 is 0 Å². The van der Waals surface area contributed by atoms with Gasteiger partial charge in [-0.2, -0.15) is 0 Å². The standard InChI is InChI=1S/C20H24N2O/c1-21-19-7-3-2-6-17(19)18-15-16(8-9-20(18)21)5-4-10-22-11-13-23-14-12-22/h2-3,6-9,15H,4-5,10-14H2,1H3. The highest BCUT2D eigenvalue weighted by molar-refractivity contribution is 6.08. The largest absolute Gasteiger partial charge is 0.379 e. The first-order chi connectivity index (χ1) is 11.3. The van der Waals surface area contributed by atoms with Crippen LogP contribution in [0.3, 0.4) is 0 Å². The van der Waals surface area contributed by atoms with Crippen LogP contribution in [-0.4, -0.2) is 42.3 Å². The average molecular weight is 308 g/mol. The number of para-hydroxylation sites is 1. The Kier molecular flexibility index (Phi) is 4.06. The SMILES string of the molecule is Cn1c2ccccc2c2cc(CCCN3CCOCC3)ccc21. The monoisotopic (exact) mass is 308 g/mol. The maximum absolute atomic E-state index is 5.41. The Morgan fingerprint density at radius 2 is 1.74 bits per heavy atom. The van der Waals surface area contributed by atoms with Gasteiger partial charge in [0, 0.05) is 41.9 Å². The van der Waals surface area contributed by atoms with Gasteiger partial charge < -0.3 is 9.30 Å². The molecule has 0 atom stereocenters. The number of nitrogens with zero attached hydrogens (tertiary/aromatic N) is 2. The molecule has 0 spiro atoms. The number of hydrogen-bond donors (Lipinski definition) is 0. The molecule has 0 saturated carbocycles. The molecular weight excluding hydrogens is 284 g/mol. The van der Waals surface area contributed by atoms with E-state index in [-0.39, 0.29) is 0 Å². The van der Waals surface area contributed by atoms with E-state index < -0.39 is 0 Å². The molecule has 23 heavy (non-hydrogen) atoms. The second-order valence-electron chi connectivity index (χ2n) is 6.49. The Bertz CT molecular complexity index is 815. The maximum atomic E-state index is 5.41. The number of aromatic nitrogens is 1. The first-order valence-electron chi connectivity index (χ1n) is 8.59. The molecule has 0 radical (unpaired) electrons. The summed E-state index contributed by atoms with van der Waals surface area (Å²) in [4.78, 5) is 2.51. The van der Waals surface area contributed by atoms with Crippen molar-refractivity contribution < 1.29 is 4.74 Å². The van der Waals surface area contributed by atoms with Gasteiger partial charge in [-0.3, -0.25) is 4.90 Å². The lowest BCUT2D eigenvalue weighted by Crippen LogP contribution is -2.36. The van der Waals surface area contributed by atoms with E-state index in [1.54, 1.807) is 0 Å². The molecule has 4 rings (SSSR count). The van der Waals surface area contributed by atoms with Gasteiger partial charge in [0.25, 0.3) is 0 Å². The van der Waals surface area contributed by atoms with Gasteiger partial charge in [-0.1, -0.05) is 24.3 Å². The zero-order chi connectivity index (χ0) is 15.6. The van der Waals surface area contributed by atoms with Crippen molar-refractivity contribution >= 4 is 21.8 Å². The van der Waals surface area contributed by atoms with Gasteiger partial charge >= 0.3 is 0 Å². The number of ether oxygens (including phenoxy) is 1. The summed E-state index contributed by atoms with van der Waals surface area (Å²) in [5.74, 6) is 0. The quantitative estimate of drug-likeness (QED) is 0.733. The van der Waals surface area contributed by atoms with Crippen molar-refractivity contribution in [3.8, 4) is 0 Å². The minimum Gasteiger partial charge on any atom is -0.379 e. The zero-order valence-electron chi connectivity index (χ0n) is 13.8. The summed E-state index contributed by atoms with van der Waals surface area (Å²) in [6.07, 6.45) is 2.37. The molecule has 120 valence electrons. The van der Waals surface area contributed by atoms with Crippen LogP contribution in [0.2, 0.25) is 0 Å². The number of morpholine rings is 1. The Balaban J connectivity index is 1.53. The Morgan fingerprint density at radius 3 is 2.61 bits per heavy atom. The number of aryl methyl sites for hydroxylation is 2. The molecule has 3 nitrogen and oxygen atoms in total. The van der Waals surface area contributed by atoms with E-state index in [9.17, 15) is 0 Å². The summed E-state index contributed by atoms with van der Waals surface area (Å²) in [6.45, 7) is 5.13. The number of hydrogen-bond acceptors (Lipinski definition) is 2. The lowest BCUT2D eigenvalue weighted by molar-refractivity contribution is 0.0375. The van der Waals surface area contributed by atoms with Crippen LogP contribution in [0.5, 0.6) is 0 Å². The van der Waals surface area contributed by atoms with E-state index in [4.69, 9.17) is 4.74 Å². The second-order valence-corrected chi connectivity index (χ2v) is 6.49. The summed E-state index contributed by atoms with van der Waals surface area (Å²) in [7, 11) is 2.16. The van der Waals surface area contributed by atoms with Crippen molar-refractivity contribution in [3.63, 3.8) is 0 Å². The smallest absolute Gasteiger partial charge is 0.0594 e. The average Bonchev–Trinajstić information content (AvgIpc) is 2.89. The lowest BCUT2D eigenvalue weighted by Gasteiger charge is -2.26. The van der Waals surface area contributed by atoms with Crippen LogP contribution in [0.4, 0.5) is 0 Å². The van der Waals surface area contributed by atoms with Crippen LogP contribution in [0, 0.1) is 0 Å². The van der Waals surface area contributed by atoms with Crippen molar-refractivity contribution in [1.82, 2.24) is 9.47 Å². The van der Waals surface area contributed by atoms with E-state index in [0.29, 0.717) is 0 Å². The van der Waals surface area contributed by atoms with Gasteiger partial charge in [0.15, 0.2) is 0 Å². The molecule has 0 aliphatic carbocycles. The molecule has 1 fully saturated rings. The fourth-order valence-electron chi connectivity index (χ4n) is 3.70. The Labute approximate surface area is 137 Å². The molecule has 1 saturated heterocycles. The molecule has 2 heterocycles. The predicted octanol–water partition coefficient (Wildman–Crippen LogP) is 3.60. The maximum Gasteiger partial charge on any atom is 0.0594 e. The highest BCUT2D eigenvalue weighted by atomic mass is 16.5. The van der Waals surface area contributed by atoms with Crippen molar-refractivity contribution in [2.24, 2.45) is 7.05 Å². The molecule has 3 heteroatoms. The van der Waals surface area contributed by atoms with Crippen LogP contribution in [-0.2, 0) is 18.2 Å². The topological polar surface area (TPSA) is 17.4 Å². The number of fused-ring (bicyclic) bond motifs is 3. The van der Waals surface area contributed by atoms with Gasteiger partial charge in [-0.25, -0.2) is 0 Å². The van der Waals surface area contributed by atoms with E-state index in [2.05, 4.69) is 59.0 Å². The number of rotatable bonds is 4. The third-order valence-electron chi connectivity index (χ3n) is 5.02. The molecule has 0 amide bonds. The summed E-state index contributed by atoms with van der Waals surface area (Å²) in [6, 6.07) is 15.6. The molecule has 1 aromatic heterocycles. The van der Waals surface area contributed by atoms with Crippen molar-refractivity contribution in [2.45, 2.75) is 12.8 Å². The highest BCUT2D eigenvalue weighted by Crippen LogP contribution is 2.28. The van der Waals surface area contributed by atoms with Crippen molar-refractivity contribution in [1.29, 1.82) is 0 Å². The predicted molar refractivity (Wildman–Crippen MR) is 96.0 cm³/mol. The first-order valence-corrected chi connectivity index (χ1v) is 8.59. The van der Waals surface area contributed by atoms with E-state index in [0.717, 1.165) is 32.7 Å². The van der Waals surface area contributed by atoms with Crippen LogP contribution in [0.1, 0.15) is 12.0 Å². The highest BCUT2D eigenvalue weighted by Gasteiger charge is 2.11.